The lowest BCUT2D eigenvalue weighted by atomic mass is 9.80. The smallest absolute Gasteiger partial charge is 0.322 e. The van der Waals surface area contributed by atoms with Crippen LogP contribution in [-0.4, -0.2) is 30.3 Å². The number of rotatable bonds is 7. The Balaban J connectivity index is 1.38. The molecule has 0 radical (unpaired) electrons. The van der Waals surface area contributed by atoms with E-state index in [1.807, 2.05) is 0 Å². The van der Waals surface area contributed by atoms with Gasteiger partial charge in [-0.1, -0.05) is 48.5 Å². The maximum Gasteiger partial charge on any atom is 0.406 e. The van der Waals surface area contributed by atoms with E-state index in [1.165, 1.54) is 24.3 Å². The predicted molar refractivity (Wildman–Crippen MR) is 159 cm³/mol. The third-order valence-corrected chi connectivity index (χ3v) is 8.05. The molecule has 248 valence electrons. The van der Waals surface area contributed by atoms with Crippen LogP contribution in [0.5, 0.6) is 0 Å². The van der Waals surface area contributed by atoms with Gasteiger partial charge in [0.1, 0.15) is 0 Å². The number of anilines is 2. The molecule has 13 heteroatoms. The lowest BCUT2D eigenvalue weighted by Gasteiger charge is -2.34. The summed E-state index contributed by atoms with van der Waals surface area (Å²) in [5.74, 6) is -1.26. The van der Waals surface area contributed by atoms with Gasteiger partial charge >= 0.3 is 18.5 Å². The summed E-state index contributed by atoms with van der Waals surface area (Å²) >= 11 is 0. The molecule has 4 rings (SSSR count). The van der Waals surface area contributed by atoms with E-state index in [1.54, 1.807) is 48.5 Å². The summed E-state index contributed by atoms with van der Waals surface area (Å²) in [6.45, 7) is 2.15. The highest BCUT2D eigenvalue weighted by atomic mass is 19.4. The Labute approximate surface area is 263 Å². The monoisotopic (exact) mass is 666 g/mol. The highest BCUT2D eigenvalue weighted by Gasteiger charge is 2.68. The first-order valence-corrected chi connectivity index (χ1v) is 13.9. The molecule has 0 heterocycles. The van der Waals surface area contributed by atoms with Crippen molar-refractivity contribution in [2.45, 2.75) is 50.1 Å². The van der Waals surface area contributed by atoms with Gasteiger partial charge in [0.15, 0.2) is 5.41 Å². The van der Waals surface area contributed by atoms with Crippen LogP contribution in [-0.2, 0) is 10.8 Å². The van der Waals surface area contributed by atoms with Crippen molar-refractivity contribution in [3.63, 3.8) is 0 Å². The highest BCUT2D eigenvalue weighted by molar-refractivity contribution is 6.05. The zero-order chi connectivity index (χ0) is 35.0. The van der Waals surface area contributed by atoms with E-state index in [0.717, 1.165) is 31.5 Å². The van der Waals surface area contributed by atoms with Crippen molar-refractivity contribution in [2.75, 3.05) is 10.6 Å². The van der Waals surface area contributed by atoms with Gasteiger partial charge < -0.3 is 10.6 Å². The number of carbonyl (C=O) groups is 2. The molecule has 0 aromatic heterocycles. The Morgan fingerprint density at radius 3 is 1.06 bits per heavy atom. The molecular weight excluding hydrogens is 639 g/mol. The minimum atomic E-state index is -5.61. The summed E-state index contributed by atoms with van der Waals surface area (Å²) in [5, 5.41) is 5.21. The fraction of sp³-hybridized carbons (Fsp3) is 0.235. The normalized spacial score (nSPS) is 12.9. The number of amides is 2. The first-order chi connectivity index (χ1) is 21.6. The van der Waals surface area contributed by atoms with Crippen molar-refractivity contribution >= 4 is 23.2 Å². The number of carbonyl (C=O) groups excluding carboxylic acids is 2. The fourth-order valence-electron chi connectivity index (χ4n) is 4.54. The number of hydrogen-bond donors (Lipinski definition) is 2. The third-order valence-electron chi connectivity index (χ3n) is 8.05. The maximum absolute atomic E-state index is 13.3. The first kappa shape index (κ1) is 35.1. The van der Waals surface area contributed by atoms with Crippen LogP contribution in [0.25, 0.3) is 11.1 Å². The zero-order valence-electron chi connectivity index (χ0n) is 25.0. The molecule has 4 nitrogen and oxygen atoms in total. The molecule has 2 N–H and O–H groups in total. The minimum Gasteiger partial charge on any atom is -0.322 e. The predicted octanol–water partition coefficient (Wildman–Crippen LogP) is 10.1. The topological polar surface area (TPSA) is 58.2 Å². The summed E-state index contributed by atoms with van der Waals surface area (Å²) in [7, 11) is 0. The van der Waals surface area contributed by atoms with Crippen molar-refractivity contribution in [3.05, 3.63) is 119 Å². The first-order valence-electron chi connectivity index (χ1n) is 13.9. The average molecular weight is 667 g/mol. The van der Waals surface area contributed by atoms with Gasteiger partial charge in [0.2, 0.25) is 0 Å². The van der Waals surface area contributed by atoms with Gasteiger partial charge in [-0.15, -0.1) is 0 Å². The molecule has 0 unspecified atom stereocenters. The van der Waals surface area contributed by atoms with Crippen LogP contribution in [0.3, 0.4) is 0 Å². The van der Waals surface area contributed by atoms with Crippen molar-refractivity contribution in [1.29, 1.82) is 0 Å². The van der Waals surface area contributed by atoms with Crippen LogP contribution in [0, 0.1) is 0 Å². The molecule has 0 aliphatic heterocycles. The average Bonchev–Trinajstić information content (AvgIpc) is 3.00. The van der Waals surface area contributed by atoms with Gasteiger partial charge in [0.05, 0.1) is 5.41 Å². The van der Waals surface area contributed by atoms with Gasteiger partial charge in [-0.25, -0.2) is 0 Å². The molecule has 0 fully saturated rings. The van der Waals surface area contributed by atoms with E-state index >= 15 is 0 Å². The Morgan fingerprint density at radius 1 is 0.447 bits per heavy atom. The molecule has 0 saturated carbocycles. The molecule has 0 bridgehead atoms. The molecule has 4 aromatic rings. The Hall–Kier alpha value is -4.81. The number of hydrogen-bond acceptors (Lipinski definition) is 2. The summed E-state index contributed by atoms with van der Waals surface area (Å²) < 4.78 is 120. The van der Waals surface area contributed by atoms with Gasteiger partial charge in [0, 0.05) is 22.5 Å². The second kappa shape index (κ2) is 12.4. The van der Waals surface area contributed by atoms with Gasteiger partial charge in [-0.05, 0) is 91.6 Å². The third kappa shape index (κ3) is 7.13. The van der Waals surface area contributed by atoms with Gasteiger partial charge in [-0.2, -0.15) is 39.5 Å². The summed E-state index contributed by atoms with van der Waals surface area (Å²) in [5.41, 5.74) is -5.01. The SMILES string of the molecule is CC(C)(c1ccc(C(=O)Nc2ccc(-c3ccc(NC(=O)c4ccc(C(C)(C(F)(F)F)C(F)(F)F)cc4)cc3)cc2)cc1)C(F)(F)F. The minimum absolute atomic E-state index is 0.0204. The van der Waals surface area contributed by atoms with Crippen LogP contribution in [0.15, 0.2) is 97.1 Å². The summed E-state index contributed by atoms with van der Waals surface area (Å²) in [6.07, 6.45) is -15.7. The van der Waals surface area contributed by atoms with Crippen molar-refractivity contribution in [2.24, 2.45) is 0 Å². The molecular formula is C34H27F9N2O2. The molecule has 4 aromatic carbocycles. The molecule has 0 aliphatic carbocycles. The van der Waals surface area contributed by atoms with E-state index in [0.29, 0.717) is 29.1 Å². The van der Waals surface area contributed by atoms with Gasteiger partial charge in [-0.3, -0.25) is 9.59 Å². The standard InChI is InChI=1S/C34H27F9N2O2/c1-30(2,32(35,36)37)24-12-4-22(5-13-24)28(46)44-26-16-8-20(9-17-26)21-10-18-27(19-11-21)45-29(47)23-6-14-25(15-7-23)31(3,33(38,39)40)34(41,42)43/h4-19H,1-3H3,(H,44,46)(H,45,47). The summed E-state index contributed by atoms with van der Waals surface area (Å²) in [4.78, 5) is 25.3. The largest absolute Gasteiger partial charge is 0.406 e. The van der Waals surface area contributed by atoms with Crippen molar-refractivity contribution < 1.29 is 49.1 Å². The molecule has 2 amide bonds. The van der Waals surface area contributed by atoms with E-state index < -0.39 is 46.7 Å². The summed E-state index contributed by atoms with van der Waals surface area (Å²) in [6, 6.07) is 21.3. The Kier molecular flexibility index (Phi) is 9.26. The van der Waals surface area contributed by atoms with Crippen LogP contribution in [0.4, 0.5) is 50.9 Å². The molecule has 0 aliphatic rings. The molecule has 0 atom stereocenters. The highest BCUT2D eigenvalue weighted by Crippen LogP contribution is 2.51. The number of benzene rings is 4. The van der Waals surface area contributed by atoms with E-state index in [9.17, 15) is 49.1 Å². The van der Waals surface area contributed by atoms with E-state index in [4.69, 9.17) is 0 Å². The second-order valence-electron chi connectivity index (χ2n) is 11.5. The lowest BCUT2D eigenvalue weighted by Crippen LogP contribution is -2.51. The van der Waals surface area contributed by atoms with Crippen molar-refractivity contribution in [1.82, 2.24) is 0 Å². The lowest BCUT2D eigenvalue weighted by molar-refractivity contribution is -0.297. The molecule has 0 saturated heterocycles. The second-order valence-corrected chi connectivity index (χ2v) is 11.5. The fourth-order valence-corrected chi connectivity index (χ4v) is 4.54. The van der Waals surface area contributed by atoms with Crippen LogP contribution < -0.4 is 10.6 Å². The van der Waals surface area contributed by atoms with Gasteiger partial charge in [0.25, 0.3) is 11.8 Å². The van der Waals surface area contributed by atoms with E-state index in [-0.39, 0.29) is 23.6 Å². The quantitative estimate of drug-likeness (QED) is 0.193. The van der Waals surface area contributed by atoms with Crippen LogP contribution in [0.2, 0.25) is 0 Å². The van der Waals surface area contributed by atoms with Crippen LogP contribution >= 0.6 is 0 Å². The number of nitrogens with one attached hydrogen (secondary N) is 2. The van der Waals surface area contributed by atoms with Crippen molar-refractivity contribution in [3.8, 4) is 11.1 Å². The molecule has 0 spiro atoms. The number of alkyl halides is 9. The Bertz CT molecular complexity index is 1710. The molecule has 47 heavy (non-hydrogen) atoms. The van der Waals surface area contributed by atoms with Crippen LogP contribution in [0.1, 0.15) is 52.6 Å². The van der Waals surface area contributed by atoms with E-state index in [2.05, 4.69) is 10.6 Å². The zero-order valence-corrected chi connectivity index (χ0v) is 25.0. The maximum atomic E-state index is 13.3. The Morgan fingerprint density at radius 2 is 0.766 bits per heavy atom. The number of halogens is 9.